The first kappa shape index (κ1) is 20.0. The van der Waals surface area contributed by atoms with Gasteiger partial charge in [0.25, 0.3) is 5.91 Å². The molecule has 0 aliphatic carbocycles. The lowest BCUT2D eigenvalue weighted by molar-refractivity contribution is -0.136. The predicted molar refractivity (Wildman–Crippen MR) is 109 cm³/mol. The summed E-state index contributed by atoms with van der Waals surface area (Å²) in [5, 5.41) is 5.80. The van der Waals surface area contributed by atoms with Crippen molar-refractivity contribution < 1.29 is 14.4 Å². The van der Waals surface area contributed by atoms with Gasteiger partial charge < -0.3 is 10.2 Å². The highest BCUT2D eigenvalue weighted by atomic mass is 16.2. The first-order valence-electron chi connectivity index (χ1n) is 10.7. The van der Waals surface area contributed by atoms with Crippen LogP contribution < -0.4 is 10.6 Å². The van der Waals surface area contributed by atoms with Crippen molar-refractivity contribution >= 4 is 17.7 Å². The van der Waals surface area contributed by atoms with Gasteiger partial charge in [0, 0.05) is 25.1 Å². The van der Waals surface area contributed by atoms with Crippen molar-refractivity contribution in [2.75, 3.05) is 26.2 Å². The standard InChI is InChI=1S/C22H30N4O3/c1-2-23-12-15-7-9-25(10-8-15)13-16-3-4-17-14-26(22(29)18(17)11-16)19-5-6-20(27)24-21(19)28/h3-4,11,15,19,23H,2,5-10,12-14H2,1H3,(H,24,27,28). The maximum absolute atomic E-state index is 13.0. The minimum absolute atomic E-state index is 0.0966. The molecule has 1 aromatic rings. The highest BCUT2D eigenvalue weighted by molar-refractivity contribution is 6.05. The number of nitrogens with one attached hydrogen (secondary N) is 2. The Morgan fingerprint density at radius 2 is 1.93 bits per heavy atom. The van der Waals surface area contributed by atoms with Gasteiger partial charge in [-0.15, -0.1) is 0 Å². The average Bonchev–Trinajstić information content (AvgIpc) is 3.03. The quantitative estimate of drug-likeness (QED) is 0.706. The second-order valence-electron chi connectivity index (χ2n) is 8.42. The first-order valence-corrected chi connectivity index (χ1v) is 10.7. The number of hydrogen-bond donors (Lipinski definition) is 2. The molecule has 1 atom stereocenters. The van der Waals surface area contributed by atoms with Crippen molar-refractivity contribution in [2.45, 2.75) is 51.7 Å². The molecule has 0 bridgehead atoms. The zero-order chi connectivity index (χ0) is 20.4. The van der Waals surface area contributed by atoms with Crippen LogP contribution in [-0.4, -0.2) is 59.7 Å². The number of carbonyl (C=O) groups is 3. The van der Waals surface area contributed by atoms with E-state index in [1.54, 1.807) is 4.90 Å². The van der Waals surface area contributed by atoms with E-state index in [1.807, 2.05) is 12.1 Å². The van der Waals surface area contributed by atoms with E-state index in [-0.39, 0.29) is 24.1 Å². The summed E-state index contributed by atoms with van der Waals surface area (Å²) in [6.07, 6.45) is 3.10. The highest BCUT2D eigenvalue weighted by Gasteiger charge is 2.39. The number of hydrogen-bond acceptors (Lipinski definition) is 5. The fourth-order valence-electron chi connectivity index (χ4n) is 4.66. The molecule has 0 aromatic heterocycles. The van der Waals surface area contributed by atoms with Crippen molar-refractivity contribution in [2.24, 2.45) is 5.92 Å². The minimum Gasteiger partial charge on any atom is -0.322 e. The van der Waals surface area contributed by atoms with E-state index in [9.17, 15) is 14.4 Å². The normalized spacial score (nSPS) is 23.4. The number of carbonyl (C=O) groups excluding carboxylic acids is 3. The molecule has 3 aliphatic heterocycles. The van der Waals surface area contributed by atoms with E-state index in [2.05, 4.69) is 28.5 Å². The van der Waals surface area contributed by atoms with E-state index in [0.717, 1.165) is 49.8 Å². The van der Waals surface area contributed by atoms with Gasteiger partial charge in [0.05, 0.1) is 0 Å². The third-order valence-corrected chi connectivity index (χ3v) is 6.39. The fourth-order valence-corrected chi connectivity index (χ4v) is 4.66. The first-order chi connectivity index (χ1) is 14.0. The fraction of sp³-hybridized carbons (Fsp3) is 0.591. The van der Waals surface area contributed by atoms with Gasteiger partial charge in [0.15, 0.2) is 0 Å². The Bertz CT molecular complexity index is 801. The summed E-state index contributed by atoms with van der Waals surface area (Å²) in [5.41, 5.74) is 2.81. The molecule has 0 saturated carbocycles. The lowest BCUT2D eigenvalue weighted by atomic mass is 9.96. The molecule has 29 heavy (non-hydrogen) atoms. The third kappa shape index (κ3) is 4.36. The van der Waals surface area contributed by atoms with Crippen LogP contribution in [0.4, 0.5) is 0 Å². The largest absolute Gasteiger partial charge is 0.322 e. The average molecular weight is 399 g/mol. The third-order valence-electron chi connectivity index (χ3n) is 6.39. The van der Waals surface area contributed by atoms with Crippen molar-refractivity contribution in [3.63, 3.8) is 0 Å². The molecule has 2 fully saturated rings. The molecule has 2 saturated heterocycles. The van der Waals surface area contributed by atoms with Gasteiger partial charge in [-0.2, -0.15) is 0 Å². The van der Waals surface area contributed by atoms with Gasteiger partial charge >= 0.3 is 0 Å². The lowest BCUT2D eigenvalue weighted by Crippen LogP contribution is -2.52. The number of fused-ring (bicyclic) bond motifs is 1. The zero-order valence-corrected chi connectivity index (χ0v) is 17.1. The SMILES string of the molecule is CCNCC1CCN(Cc2ccc3c(c2)C(=O)N(C2CCC(=O)NC2=O)C3)CC1. The topological polar surface area (TPSA) is 81.8 Å². The van der Waals surface area contributed by atoms with Gasteiger partial charge in [-0.3, -0.25) is 24.6 Å². The zero-order valence-electron chi connectivity index (χ0n) is 17.1. The van der Waals surface area contributed by atoms with Crippen molar-refractivity contribution in [3.05, 3.63) is 34.9 Å². The van der Waals surface area contributed by atoms with Crippen molar-refractivity contribution in [1.29, 1.82) is 0 Å². The summed E-state index contributed by atoms with van der Waals surface area (Å²) in [6.45, 7) is 7.75. The Morgan fingerprint density at radius 3 is 2.66 bits per heavy atom. The van der Waals surface area contributed by atoms with E-state index < -0.39 is 6.04 Å². The summed E-state index contributed by atoms with van der Waals surface area (Å²) in [7, 11) is 0. The van der Waals surface area contributed by atoms with E-state index >= 15 is 0 Å². The maximum Gasteiger partial charge on any atom is 0.255 e. The minimum atomic E-state index is -0.549. The van der Waals surface area contributed by atoms with E-state index in [0.29, 0.717) is 18.5 Å². The molecular weight excluding hydrogens is 368 g/mol. The molecule has 0 radical (unpaired) electrons. The molecule has 3 amide bonds. The monoisotopic (exact) mass is 398 g/mol. The van der Waals surface area contributed by atoms with Crippen molar-refractivity contribution in [1.82, 2.24) is 20.4 Å². The van der Waals surface area contributed by atoms with Crippen LogP contribution in [-0.2, 0) is 22.7 Å². The summed E-state index contributed by atoms with van der Waals surface area (Å²) < 4.78 is 0. The second-order valence-corrected chi connectivity index (χ2v) is 8.42. The number of imide groups is 1. The molecule has 7 nitrogen and oxygen atoms in total. The predicted octanol–water partition coefficient (Wildman–Crippen LogP) is 1.27. The molecule has 3 aliphatic rings. The van der Waals surface area contributed by atoms with Gasteiger partial charge in [-0.1, -0.05) is 19.1 Å². The lowest BCUT2D eigenvalue weighted by Gasteiger charge is -2.32. The van der Waals surface area contributed by atoms with Crippen LogP contribution in [0.5, 0.6) is 0 Å². The van der Waals surface area contributed by atoms with Crippen LogP contribution in [0, 0.1) is 5.92 Å². The molecule has 1 aromatic carbocycles. The second kappa shape index (κ2) is 8.63. The smallest absolute Gasteiger partial charge is 0.255 e. The number of benzene rings is 1. The Labute approximate surface area is 171 Å². The van der Waals surface area contributed by atoms with Crippen molar-refractivity contribution in [3.8, 4) is 0 Å². The molecule has 2 N–H and O–H groups in total. The number of amides is 3. The Hall–Kier alpha value is -2.25. The Morgan fingerprint density at radius 1 is 1.14 bits per heavy atom. The number of piperidine rings is 2. The number of rotatable bonds is 6. The number of nitrogens with zero attached hydrogens (tertiary/aromatic N) is 2. The van der Waals surface area contributed by atoms with Crippen LogP contribution in [0.2, 0.25) is 0 Å². The van der Waals surface area contributed by atoms with Gasteiger partial charge in [0.1, 0.15) is 6.04 Å². The molecule has 3 heterocycles. The molecule has 0 spiro atoms. The highest BCUT2D eigenvalue weighted by Crippen LogP contribution is 2.29. The van der Waals surface area contributed by atoms with Crippen LogP contribution in [0.3, 0.4) is 0 Å². The molecule has 7 heteroatoms. The van der Waals surface area contributed by atoms with Gasteiger partial charge in [0.2, 0.25) is 11.8 Å². The van der Waals surface area contributed by atoms with E-state index in [4.69, 9.17) is 0 Å². The summed E-state index contributed by atoms with van der Waals surface area (Å²) in [5.74, 6) is 0.0468. The summed E-state index contributed by atoms with van der Waals surface area (Å²) >= 11 is 0. The molecule has 4 rings (SSSR count). The number of likely N-dealkylation sites (tertiary alicyclic amines) is 1. The Balaban J connectivity index is 1.37. The van der Waals surface area contributed by atoms with E-state index in [1.165, 1.54) is 12.8 Å². The maximum atomic E-state index is 13.0. The summed E-state index contributed by atoms with van der Waals surface area (Å²) in [6, 6.07) is 5.57. The van der Waals surface area contributed by atoms with Crippen LogP contribution in [0.1, 0.15) is 54.1 Å². The molecule has 1 unspecified atom stereocenters. The van der Waals surface area contributed by atoms with Gasteiger partial charge in [-0.25, -0.2) is 0 Å². The van der Waals surface area contributed by atoms with Gasteiger partial charge in [-0.05, 0) is 68.6 Å². The molecular formula is C22H30N4O3. The van der Waals surface area contributed by atoms with Crippen LogP contribution >= 0.6 is 0 Å². The van der Waals surface area contributed by atoms with Crippen LogP contribution in [0.25, 0.3) is 0 Å². The summed E-state index contributed by atoms with van der Waals surface area (Å²) in [4.78, 5) is 40.6. The molecule has 156 valence electrons. The Kier molecular flexibility index (Phi) is 5.96. The van der Waals surface area contributed by atoms with Crippen LogP contribution in [0.15, 0.2) is 18.2 Å².